The minimum Gasteiger partial charge on any atom is -0.256 e. The number of benzene rings is 1. The van der Waals surface area contributed by atoms with Gasteiger partial charge in [0.25, 0.3) is 0 Å². The lowest BCUT2D eigenvalue weighted by Gasteiger charge is -2.22. The Bertz CT molecular complexity index is 787. The Morgan fingerprint density at radius 2 is 2.00 bits per heavy atom. The molecule has 0 fully saturated rings. The van der Waals surface area contributed by atoms with Crippen LogP contribution in [0.5, 0.6) is 0 Å². The van der Waals surface area contributed by atoms with Gasteiger partial charge in [0.2, 0.25) is 0 Å². The molecule has 1 aromatic heterocycles. The number of rotatable bonds is 4. The minimum absolute atomic E-state index is 0.127. The standard InChI is InChI=1S/C19H24N2Si/c1-14(2)10-16-12-18(21-13-19(16)22(4,5)6)15-8-7-9-17(11-15)20-3/h7-9,11-14H,10H2,1-2,4-6H3/i10D2. The lowest BCUT2D eigenvalue weighted by Crippen LogP contribution is -2.40. The highest BCUT2D eigenvalue weighted by Gasteiger charge is 2.21. The van der Waals surface area contributed by atoms with E-state index in [1.807, 2.05) is 38.2 Å². The Morgan fingerprint density at radius 1 is 1.27 bits per heavy atom. The second kappa shape index (κ2) is 6.45. The summed E-state index contributed by atoms with van der Waals surface area (Å²) in [6.45, 7) is 17.6. The zero-order chi connectivity index (χ0) is 18.1. The molecule has 2 rings (SSSR count). The third-order valence-electron chi connectivity index (χ3n) is 3.43. The van der Waals surface area contributed by atoms with E-state index in [1.54, 1.807) is 12.1 Å². The smallest absolute Gasteiger partial charge is 0.187 e. The monoisotopic (exact) mass is 310 g/mol. The van der Waals surface area contributed by atoms with Crippen LogP contribution in [0.1, 0.15) is 22.2 Å². The molecular formula is C19H24N2Si. The highest BCUT2D eigenvalue weighted by Crippen LogP contribution is 2.24. The zero-order valence-corrected chi connectivity index (χ0v) is 14.9. The summed E-state index contributed by atoms with van der Waals surface area (Å²) in [5.41, 5.74) is 2.89. The molecule has 22 heavy (non-hydrogen) atoms. The summed E-state index contributed by atoms with van der Waals surface area (Å²) in [5, 5.41) is 1.06. The van der Waals surface area contributed by atoms with Gasteiger partial charge in [0.1, 0.15) is 0 Å². The maximum Gasteiger partial charge on any atom is 0.187 e. The van der Waals surface area contributed by atoms with Crippen molar-refractivity contribution in [2.24, 2.45) is 5.92 Å². The van der Waals surface area contributed by atoms with Crippen LogP contribution < -0.4 is 5.19 Å². The highest BCUT2D eigenvalue weighted by molar-refractivity contribution is 6.89. The quantitative estimate of drug-likeness (QED) is 0.571. The number of hydrogen-bond donors (Lipinski definition) is 0. The molecular weight excluding hydrogens is 284 g/mol. The molecule has 0 aliphatic heterocycles. The first-order valence-corrected chi connectivity index (χ1v) is 11.1. The first-order valence-electron chi connectivity index (χ1n) is 8.56. The minimum atomic E-state index is -1.73. The van der Waals surface area contributed by atoms with Gasteiger partial charge in [-0.05, 0) is 40.7 Å². The first kappa shape index (κ1) is 13.7. The van der Waals surface area contributed by atoms with Crippen LogP contribution in [0.25, 0.3) is 16.1 Å². The molecule has 1 heterocycles. The van der Waals surface area contributed by atoms with Crippen molar-refractivity contribution in [2.75, 3.05) is 0 Å². The summed E-state index contributed by atoms with van der Waals surface area (Å²) >= 11 is 0. The van der Waals surface area contributed by atoms with Gasteiger partial charge in [-0.1, -0.05) is 51.7 Å². The third-order valence-corrected chi connectivity index (χ3v) is 5.44. The summed E-state index contributed by atoms with van der Waals surface area (Å²) < 4.78 is 17.2. The second-order valence-electron chi connectivity index (χ2n) is 6.83. The van der Waals surface area contributed by atoms with E-state index in [-0.39, 0.29) is 5.92 Å². The molecule has 0 unspecified atom stereocenters. The van der Waals surface area contributed by atoms with Crippen molar-refractivity contribution in [1.29, 1.82) is 0 Å². The van der Waals surface area contributed by atoms with Crippen molar-refractivity contribution in [2.45, 2.75) is 39.9 Å². The summed E-state index contributed by atoms with van der Waals surface area (Å²) in [4.78, 5) is 8.06. The lowest BCUT2D eigenvalue weighted by molar-refractivity contribution is 0.649. The molecule has 0 spiro atoms. The summed E-state index contributed by atoms with van der Waals surface area (Å²) in [6.07, 6.45) is 0.437. The Kier molecular flexibility index (Phi) is 4.03. The Morgan fingerprint density at radius 3 is 2.59 bits per heavy atom. The number of hydrogen-bond acceptors (Lipinski definition) is 1. The highest BCUT2D eigenvalue weighted by atomic mass is 28.3. The zero-order valence-electron chi connectivity index (χ0n) is 15.9. The predicted molar refractivity (Wildman–Crippen MR) is 97.5 cm³/mol. The molecule has 0 aliphatic carbocycles. The molecule has 0 amide bonds. The van der Waals surface area contributed by atoms with Gasteiger partial charge < -0.3 is 0 Å². The maximum absolute atomic E-state index is 8.59. The molecule has 0 saturated heterocycles. The van der Waals surface area contributed by atoms with Crippen LogP contribution in [-0.2, 0) is 6.37 Å². The normalized spacial score (nSPS) is 13.5. The molecule has 0 aliphatic rings. The topological polar surface area (TPSA) is 17.2 Å². The van der Waals surface area contributed by atoms with E-state index < -0.39 is 14.4 Å². The van der Waals surface area contributed by atoms with Crippen LogP contribution in [0.15, 0.2) is 36.5 Å². The SMILES string of the molecule is [2H]C([2H])(c1cc(-c2cccc([N+]#[C-])c2)ncc1[Si](C)(C)C)C(C)C. The summed E-state index contributed by atoms with van der Waals surface area (Å²) in [6, 6.07) is 9.21. The van der Waals surface area contributed by atoms with Gasteiger partial charge in [0, 0.05) is 8.94 Å². The van der Waals surface area contributed by atoms with E-state index in [9.17, 15) is 0 Å². The van der Waals surface area contributed by atoms with Crippen molar-refractivity contribution in [3.8, 4) is 11.3 Å². The molecule has 0 bridgehead atoms. The van der Waals surface area contributed by atoms with Crippen molar-refractivity contribution >= 4 is 18.9 Å². The van der Waals surface area contributed by atoms with E-state index in [4.69, 9.17) is 9.31 Å². The average Bonchev–Trinajstić information content (AvgIpc) is 2.53. The summed E-state index contributed by atoms with van der Waals surface area (Å²) in [7, 11) is -1.73. The van der Waals surface area contributed by atoms with Crippen LogP contribution in [-0.4, -0.2) is 13.1 Å². The van der Waals surface area contributed by atoms with Gasteiger partial charge in [0.05, 0.1) is 20.3 Å². The molecule has 3 heteroatoms. The van der Waals surface area contributed by atoms with Crippen LogP contribution >= 0.6 is 0 Å². The Hall–Kier alpha value is -1.92. The lowest BCUT2D eigenvalue weighted by atomic mass is 10.0. The van der Waals surface area contributed by atoms with E-state index in [0.29, 0.717) is 5.69 Å². The fourth-order valence-electron chi connectivity index (χ4n) is 2.38. The molecule has 114 valence electrons. The van der Waals surface area contributed by atoms with Crippen LogP contribution in [0.4, 0.5) is 5.69 Å². The van der Waals surface area contributed by atoms with Gasteiger partial charge >= 0.3 is 0 Å². The van der Waals surface area contributed by atoms with Crippen molar-refractivity contribution in [3.05, 3.63) is 53.5 Å². The van der Waals surface area contributed by atoms with Gasteiger partial charge in [0.15, 0.2) is 5.69 Å². The fraction of sp³-hybridized carbons (Fsp3) is 0.368. The number of aromatic nitrogens is 1. The van der Waals surface area contributed by atoms with E-state index >= 15 is 0 Å². The van der Waals surface area contributed by atoms with Crippen molar-refractivity contribution in [3.63, 3.8) is 0 Å². The Labute approximate surface area is 137 Å². The maximum atomic E-state index is 8.59. The Balaban J connectivity index is 2.68. The molecule has 2 nitrogen and oxygen atoms in total. The second-order valence-corrected chi connectivity index (χ2v) is 11.9. The van der Waals surface area contributed by atoms with E-state index in [0.717, 1.165) is 22.0 Å². The van der Waals surface area contributed by atoms with E-state index in [1.165, 1.54) is 0 Å². The number of pyridine rings is 1. The van der Waals surface area contributed by atoms with Gasteiger partial charge in [-0.25, -0.2) is 4.85 Å². The predicted octanol–water partition coefficient (Wildman–Crippen LogP) is 5.04. The van der Waals surface area contributed by atoms with Crippen molar-refractivity contribution in [1.82, 2.24) is 4.98 Å². The third kappa shape index (κ3) is 3.83. The molecule has 0 N–H and O–H groups in total. The molecule has 1 aromatic carbocycles. The van der Waals surface area contributed by atoms with Gasteiger partial charge in [-0.2, -0.15) is 0 Å². The fourth-order valence-corrected chi connectivity index (χ4v) is 3.78. The van der Waals surface area contributed by atoms with Crippen molar-refractivity contribution < 1.29 is 2.74 Å². The summed E-state index contributed by atoms with van der Waals surface area (Å²) in [5.74, 6) is -0.127. The molecule has 0 atom stereocenters. The molecule has 0 saturated carbocycles. The number of nitrogens with zero attached hydrogens (tertiary/aromatic N) is 2. The van der Waals surface area contributed by atoms with Crippen LogP contribution in [0.2, 0.25) is 19.6 Å². The van der Waals surface area contributed by atoms with Gasteiger partial charge in [-0.15, -0.1) is 0 Å². The molecule has 0 radical (unpaired) electrons. The first-order chi connectivity index (χ1) is 11.1. The largest absolute Gasteiger partial charge is 0.256 e. The van der Waals surface area contributed by atoms with E-state index in [2.05, 4.69) is 29.5 Å². The van der Waals surface area contributed by atoms with Crippen LogP contribution in [0, 0.1) is 12.5 Å². The average molecular weight is 311 g/mol. The van der Waals surface area contributed by atoms with Gasteiger partial charge in [-0.3, -0.25) is 4.98 Å². The van der Waals surface area contributed by atoms with Crippen LogP contribution in [0.3, 0.4) is 0 Å². The molecule has 2 aromatic rings.